The number of likely N-dealkylation sites (tertiary alicyclic amines) is 1. The van der Waals surface area contributed by atoms with Gasteiger partial charge in [-0.2, -0.15) is 0 Å². The van der Waals surface area contributed by atoms with Crippen LogP contribution in [0, 0.1) is 5.92 Å². The van der Waals surface area contributed by atoms with E-state index in [0.717, 1.165) is 49.0 Å². The first-order valence-electron chi connectivity index (χ1n) is 10.3. The van der Waals surface area contributed by atoms with Crippen LogP contribution in [-0.2, 0) is 4.79 Å². The van der Waals surface area contributed by atoms with Crippen LogP contribution in [0.1, 0.15) is 67.0 Å². The summed E-state index contributed by atoms with van der Waals surface area (Å²) in [5.74, 6) is 0.406. The first-order valence-corrected chi connectivity index (χ1v) is 10.3. The average Bonchev–Trinajstić information content (AvgIpc) is 3.40. The van der Waals surface area contributed by atoms with E-state index in [1.165, 1.54) is 12.8 Å². The molecule has 4 rings (SSSR count). The predicted molar refractivity (Wildman–Crippen MR) is 111 cm³/mol. The molecule has 1 saturated heterocycles. The molecule has 29 heavy (non-hydrogen) atoms. The van der Waals surface area contributed by atoms with E-state index in [1.54, 1.807) is 24.4 Å². The van der Waals surface area contributed by atoms with E-state index >= 15 is 0 Å². The molecule has 1 aliphatic carbocycles. The van der Waals surface area contributed by atoms with Crippen LogP contribution in [0.4, 0.5) is 5.95 Å². The highest BCUT2D eigenvalue weighted by atomic mass is 16.2. The Hall–Kier alpha value is -2.96. The third-order valence-corrected chi connectivity index (χ3v) is 6.12. The van der Waals surface area contributed by atoms with Crippen molar-refractivity contribution in [3.63, 3.8) is 0 Å². The molecule has 0 spiro atoms. The highest BCUT2D eigenvalue weighted by Crippen LogP contribution is 2.38. The van der Waals surface area contributed by atoms with Crippen LogP contribution in [0.15, 0.2) is 30.5 Å². The SMILES string of the molecule is NC(=O)c1cccc(-c2cnc(N)nc2[C@@H]2CCCN2C(=O)CC2CCCC2)c1. The summed E-state index contributed by atoms with van der Waals surface area (Å²) in [5.41, 5.74) is 14.1. The molecule has 4 N–H and O–H groups in total. The first kappa shape index (κ1) is 19.4. The van der Waals surface area contributed by atoms with Crippen molar-refractivity contribution in [3.8, 4) is 11.1 Å². The minimum Gasteiger partial charge on any atom is -0.368 e. The zero-order valence-electron chi connectivity index (χ0n) is 16.5. The van der Waals surface area contributed by atoms with Crippen molar-refractivity contribution < 1.29 is 9.59 Å². The number of carbonyl (C=O) groups excluding carboxylic acids is 2. The van der Waals surface area contributed by atoms with Gasteiger partial charge in [0.25, 0.3) is 0 Å². The van der Waals surface area contributed by atoms with Gasteiger partial charge < -0.3 is 16.4 Å². The van der Waals surface area contributed by atoms with Crippen LogP contribution in [-0.4, -0.2) is 33.2 Å². The van der Waals surface area contributed by atoms with Crippen molar-refractivity contribution in [2.45, 2.75) is 51.0 Å². The molecule has 7 heteroatoms. The van der Waals surface area contributed by atoms with Gasteiger partial charge in [0.15, 0.2) is 0 Å². The van der Waals surface area contributed by atoms with Crippen molar-refractivity contribution in [1.29, 1.82) is 0 Å². The number of nitrogens with zero attached hydrogens (tertiary/aromatic N) is 3. The molecule has 0 unspecified atom stereocenters. The summed E-state index contributed by atoms with van der Waals surface area (Å²) in [6.07, 6.45) is 8.82. The smallest absolute Gasteiger partial charge is 0.248 e. The van der Waals surface area contributed by atoms with Crippen molar-refractivity contribution in [1.82, 2.24) is 14.9 Å². The average molecular weight is 393 g/mol. The van der Waals surface area contributed by atoms with E-state index in [4.69, 9.17) is 11.5 Å². The van der Waals surface area contributed by atoms with E-state index in [-0.39, 0.29) is 17.9 Å². The molecule has 152 valence electrons. The third kappa shape index (κ3) is 4.09. The Bertz CT molecular complexity index is 923. The predicted octanol–water partition coefficient (Wildman–Crippen LogP) is 3.07. The molecule has 1 aromatic carbocycles. The quantitative estimate of drug-likeness (QED) is 0.810. The first-order chi connectivity index (χ1) is 14.0. The Morgan fingerprint density at radius 2 is 1.93 bits per heavy atom. The lowest BCUT2D eigenvalue weighted by atomic mass is 9.97. The number of benzene rings is 1. The number of carbonyl (C=O) groups is 2. The molecule has 7 nitrogen and oxygen atoms in total. The second-order valence-corrected chi connectivity index (χ2v) is 8.07. The fourth-order valence-electron chi connectivity index (χ4n) is 4.65. The molecular weight excluding hydrogens is 366 g/mol. The minimum atomic E-state index is -0.487. The molecule has 1 aliphatic heterocycles. The number of rotatable bonds is 5. The van der Waals surface area contributed by atoms with Gasteiger partial charge >= 0.3 is 0 Å². The molecule has 1 saturated carbocycles. The summed E-state index contributed by atoms with van der Waals surface area (Å²) < 4.78 is 0. The number of nitrogen functional groups attached to an aromatic ring is 1. The van der Waals surface area contributed by atoms with E-state index < -0.39 is 5.91 Å². The van der Waals surface area contributed by atoms with E-state index in [9.17, 15) is 9.59 Å². The summed E-state index contributed by atoms with van der Waals surface area (Å²) in [6, 6.07) is 6.97. The monoisotopic (exact) mass is 393 g/mol. The van der Waals surface area contributed by atoms with Gasteiger partial charge in [-0.3, -0.25) is 9.59 Å². The van der Waals surface area contributed by atoms with Crippen LogP contribution < -0.4 is 11.5 Å². The maximum Gasteiger partial charge on any atom is 0.248 e. The van der Waals surface area contributed by atoms with Gasteiger partial charge in [-0.05, 0) is 49.3 Å². The number of aromatic nitrogens is 2. The van der Waals surface area contributed by atoms with Crippen LogP contribution in [0.5, 0.6) is 0 Å². The topological polar surface area (TPSA) is 115 Å². The summed E-state index contributed by atoms with van der Waals surface area (Å²) in [7, 11) is 0. The van der Waals surface area contributed by atoms with Gasteiger partial charge in [0, 0.05) is 30.3 Å². The second-order valence-electron chi connectivity index (χ2n) is 8.07. The Morgan fingerprint density at radius 3 is 2.69 bits per heavy atom. The molecule has 1 atom stereocenters. The number of nitrogens with two attached hydrogens (primary N) is 2. The molecule has 2 fully saturated rings. The lowest BCUT2D eigenvalue weighted by Gasteiger charge is -2.27. The van der Waals surface area contributed by atoms with E-state index in [0.29, 0.717) is 17.9 Å². The van der Waals surface area contributed by atoms with Crippen LogP contribution in [0.25, 0.3) is 11.1 Å². The molecule has 2 heterocycles. The molecule has 2 aliphatic rings. The summed E-state index contributed by atoms with van der Waals surface area (Å²) in [5, 5.41) is 0. The summed E-state index contributed by atoms with van der Waals surface area (Å²) in [6.45, 7) is 0.737. The van der Waals surface area contributed by atoms with Gasteiger partial charge in [-0.25, -0.2) is 9.97 Å². The fraction of sp³-hybridized carbons (Fsp3) is 0.455. The van der Waals surface area contributed by atoms with Gasteiger partial charge in [0.2, 0.25) is 17.8 Å². The largest absolute Gasteiger partial charge is 0.368 e. The Labute approximate surface area is 170 Å². The molecule has 2 aromatic rings. The molecule has 0 radical (unpaired) electrons. The summed E-state index contributed by atoms with van der Waals surface area (Å²) >= 11 is 0. The number of amides is 2. The van der Waals surface area contributed by atoms with Crippen LogP contribution in [0.2, 0.25) is 0 Å². The zero-order valence-corrected chi connectivity index (χ0v) is 16.5. The van der Waals surface area contributed by atoms with Crippen molar-refractivity contribution in [2.75, 3.05) is 12.3 Å². The molecule has 2 amide bonds. The zero-order chi connectivity index (χ0) is 20.4. The third-order valence-electron chi connectivity index (χ3n) is 6.12. The Balaban J connectivity index is 1.66. The highest BCUT2D eigenvalue weighted by molar-refractivity contribution is 5.94. The number of hydrogen-bond acceptors (Lipinski definition) is 5. The van der Waals surface area contributed by atoms with Gasteiger partial charge in [-0.15, -0.1) is 0 Å². The minimum absolute atomic E-state index is 0.124. The summed E-state index contributed by atoms with van der Waals surface area (Å²) in [4.78, 5) is 35.3. The second kappa shape index (κ2) is 8.19. The normalized spacial score (nSPS) is 19.6. The standard InChI is InChI=1S/C22H27N5O2/c23-21(29)16-8-3-7-15(12-16)17-13-25-22(24)26-20(17)18-9-4-10-27(18)19(28)11-14-5-1-2-6-14/h3,7-8,12-14,18H,1-2,4-6,9-11H2,(H2,23,29)(H2,24,25,26)/t18-/m0/s1. The van der Waals surface area contributed by atoms with Gasteiger partial charge in [-0.1, -0.05) is 25.0 Å². The van der Waals surface area contributed by atoms with Crippen LogP contribution >= 0.6 is 0 Å². The Kier molecular flexibility index (Phi) is 5.47. The van der Waals surface area contributed by atoms with E-state index in [1.807, 2.05) is 11.0 Å². The van der Waals surface area contributed by atoms with Crippen LogP contribution in [0.3, 0.4) is 0 Å². The van der Waals surface area contributed by atoms with E-state index in [2.05, 4.69) is 9.97 Å². The van der Waals surface area contributed by atoms with Gasteiger partial charge in [0.1, 0.15) is 0 Å². The lowest BCUT2D eigenvalue weighted by Crippen LogP contribution is -2.32. The van der Waals surface area contributed by atoms with Crippen molar-refractivity contribution >= 4 is 17.8 Å². The maximum absolute atomic E-state index is 13.1. The molecule has 0 bridgehead atoms. The number of hydrogen-bond donors (Lipinski definition) is 2. The Morgan fingerprint density at radius 1 is 1.14 bits per heavy atom. The number of primary amides is 1. The highest BCUT2D eigenvalue weighted by Gasteiger charge is 2.34. The van der Waals surface area contributed by atoms with Crippen molar-refractivity contribution in [3.05, 3.63) is 41.7 Å². The van der Waals surface area contributed by atoms with Crippen molar-refractivity contribution in [2.24, 2.45) is 11.7 Å². The lowest BCUT2D eigenvalue weighted by molar-refractivity contribution is -0.133. The molecule has 1 aromatic heterocycles. The maximum atomic E-state index is 13.1. The molecular formula is C22H27N5O2. The number of anilines is 1. The fourth-order valence-corrected chi connectivity index (χ4v) is 4.65. The van der Waals surface area contributed by atoms with Gasteiger partial charge in [0.05, 0.1) is 11.7 Å².